The quantitative estimate of drug-likeness (QED) is 0.606. The number of aromatic nitrogens is 2. The first-order valence-electron chi connectivity index (χ1n) is 7.22. The van der Waals surface area contributed by atoms with Gasteiger partial charge in [-0.15, -0.1) is 0 Å². The molecule has 0 aliphatic rings. The number of ether oxygens (including phenoxy) is 1. The van der Waals surface area contributed by atoms with E-state index in [2.05, 4.69) is 25.8 Å². The molecule has 0 aliphatic carbocycles. The van der Waals surface area contributed by atoms with Crippen LogP contribution in [-0.2, 0) is 4.79 Å². The molecule has 130 valence electrons. The van der Waals surface area contributed by atoms with Crippen molar-refractivity contribution in [1.82, 2.24) is 15.4 Å². The fourth-order valence-corrected chi connectivity index (χ4v) is 2.10. The van der Waals surface area contributed by atoms with Crippen molar-refractivity contribution >= 4 is 34.8 Å². The first-order chi connectivity index (χ1) is 12.0. The normalized spacial score (nSPS) is 10.9. The van der Waals surface area contributed by atoms with Gasteiger partial charge in [-0.3, -0.25) is 14.6 Å². The van der Waals surface area contributed by atoms with Crippen molar-refractivity contribution < 1.29 is 14.3 Å². The molecule has 1 heterocycles. The third kappa shape index (κ3) is 5.54. The Kier molecular flexibility index (Phi) is 6.41. The number of nitrogens with one attached hydrogen (secondary N) is 2. The van der Waals surface area contributed by atoms with Gasteiger partial charge in [-0.25, -0.2) is 10.4 Å². The number of carbonyl (C=O) groups is 2. The molecule has 2 rings (SSSR count). The molecular formula is C16H16ClN5O3. The summed E-state index contributed by atoms with van der Waals surface area (Å²) < 4.78 is 5.05. The maximum Gasteiger partial charge on any atom is 0.291 e. The zero-order chi connectivity index (χ0) is 18.2. The Bertz CT molecular complexity index is 796. The molecule has 0 unspecified atom stereocenters. The van der Waals surface area contributed by atoms with Crippen LogP contribution in [0.1, 0.15) is 23.8 Å². The fourth-order valence-electron chi connectivity index (χ4n) is 1.84. The van der Waals surface area contributed by atoms with Crippen molar-refractivity contribution in [2.45, 2.75) is 13.3 Å². The van der Waals surface area contributed by atoms with Crippen LogP contribution in [0.3, 0.4) is 0 Å². The highest BCUT2D eigenvalue weighted by atomic mass is 35.5. The summed E-state index contributed by atoms with van der Waals surface area (Å²) in [6.07, 6.45) is 4.19. The number of benzene rings is 1. The van der Waals surface area contributed by atoms with E-state index in [1.165, 1.54) is 25.7 Å². The second-order valence-corrected chi connectivity index (χ2v) is 5.36. The van der Waals surface area contributed by atoms with Crippen LogP contribution in [0.25, 0.3) is 0 Å². The number of carbonyl (C=O) groups excluding carboxylic acids is 2. The summed E-state index contributed by atoms with van der Waals surface area (Å²) in [7, 11) is 1.51. The number of amides is 2. The van der Waals surface area contributed by atoms with Crippen molar-refractivity contribution in [2.75, 3.05) is 12.4 Å². The molecule has 0 aliphatic heterocycles. The molecule has 2 aromatic rings. The summed E-state index contributed by atoms with van der Waals surface area (Å²) in [6, 6.07) is 4.91. The molecule has 2 amide bonds. The highest BCUT2D eigenvalue weighted by molar-refractivity contribution is 6.32. The Morgan fingerprint density at radius 3 is 2.76 bits per heavy atom. The van der Waals surface area contributed by atoms with Gasteiger partial charge in [0.25, 0.3) is 5.91 Å². The zero-order valence-corrected chi connectivity index (χ0v) is 14.4. The van der Waals surface area contributed by atoms with E-state index in [-0.39, 0.29) is 18.0 Å². The maximum atomic E-state index is 12.0. The van der Waals surface area contributed by atoms with Crippen LogP contribution in [0.2, 0.25) is 5.02 Å². The largest absolute Gasteiger partial charge is 0.495 e. The van der Waals surface area contributed by atoms with Gasteiger partial charge >= 0.3 is 0 Å². The Morgan fingerprint density at radius 1 is 1.32 bits per heavy atom. The number of anilines is 1. The first kappa shape index (κ1) is 18.3. The lowest BCUT2D eigenvalue weighted by Crippen LogP contribution is -2.22. The number of nitrogens with zero attached hydrogens (tertiary/aromatic N) is 3. The third-order valence-corrected chi connectivity index (χ3v) is 3.29. The summed E-state index contributed by atoms with van der Waals surface area (Å²) >= 11 is 6.00. The van der Waals surface area contributed by atoms with Crippen LogP contribution < -0.4 is 15.5 Å². The number of methoxy groups -OCH3 is 1. The Labute approximate surface area is 149 Å². The Morgan fingerprint density at radius 2 is 2.12 bits per heavy atom. The lowest BCUT2D eigenvalue weighted by atomic mass is 10.2. The minimum atomic E-state index is -0.505. The molecule has 0 saturated heterocycles. The highest BCUT2D eigenvalue weighted by Crippen LogP contribution is 2.27. The molecule has 0 fully saturated rings. The summed E-state index contributed by atoms with van der Waals surface area (Å²) in [4.78, 5) is 31.4. The molecule has 0 spiro atoms. The molecule has 0 saturated carbocycles. The third-order valence-electron chi connectivity index (χ3n) is 3.00. The smallest absolute Gasteiger partial charge is 0.291 e. The van der Waals surface area contributed by atoms with E-state index < -0.39 is 5.91 Å². The van der Waals surface area contributed by atoms with Crippen LogP contribution in [0.15, 0.2) is 41.9 Å². The molecule has 8 nitrogen and oxygen atoms in total. The van der Waals surface area contributed by atoms with Gasteiger partial charge in [0.1, 0.15) is 11.4 Å². The average Bonchev–Trinajstić information content (AvgIpc) is 2.60. The molecular weight excluding hydrogens is 346 g/mol. The van der Waals surface area contributed by atoms with E-state index in [1.807, 2.05) is 0 Å². The second kappa shape index (κ2) is 8.74. The van der Waals surface area contributed by atoms with Crippen molar-refractivity contribution in [3.63, 3.8) is 0 Å². The Hall–Kier alpha value is -3.00. The molecule has 1 aromatic carbocycles. The summed E-state index contributed by atoms with van der Waals surface area (Å²) in [5.74, 6) is -0.282. The van der Waals surface area contributed by atoms with E-state index in [0.29, 0.717) is 22.2 Å². The standard InChI is InChI=1S/C16H16ClN5O3/c1-10(21-22-16(24)13-9-18-5-6-19-13)7-15(23)20-11-3-4-14(25-2)12(17)8-11/h3-6,8-9H,7H2,1-2H3,(H,20,23)(H,22,24)/b21-10-. The molecule has 0 bridgehead atoms. The van der Waals surface area contributed by atoms with Crippen molar-refractivity contribution in [1.29, 1.82) is 0 Å². The van der Waals surface area contributed by atoms with Gasteiger partial charge in [0, 0.05) is 23.8 Å². The number of halogens is 1. The SMILES string of the molecule is COc1ccc(NC(=O)C/C(C)=N\NC(=O)c2cnccn2)cc1Cl. The molecule has 1 aromatic heterocycles. The molecule has 0 atom stereocenters. The molecule has 0 radical (unpaired) electrons. The summed E-state index contributed by atoms with van der Waals surface area (Å²) in [6.45, 7) is 1.62. The minimum absolute atomic E-state index is 0.00436. The summed E-state index contributed by atoms with van der Waals surface area (Å²) in [5.41, 5.74) is 3.42. The van der Waals surface area contributed by atoms with E-state index in [0.717, 1.165) is 0 Å². The Balaban J connectivity index is 1.89. The lowest BCUT2D eigenvalue weighted by Gasteiger charge is -2.08. The fraction of sp³-hybridized carbons (Fsp3) is 0.188. The molecule has 9 heteroatoms. The number of rotatable bonds is 6. The van der Waals surface area contributed by atoms with Gasteiger partial charge in [-0.1, -0.05) is 11.6 Å². The second-order valence-electron chi connectivity index (χ2n) is 4.95. The monoisotopic (exact) mass is 361 g/mol. The molecule has 2 N–H and O–H groups in total. The number of hydrogen-bond donors (Lipinski definition) is 2. The van der Waals surface area contributed by atoms with Crippen LogP contribution >= 0.6 is 11.6 Å². The minimum Gasteiger partial charge on any atom is -0.495 e. The highest BCUT2D eigenvalue weighted by Gasteiger charge is 2.09. The van der Waals surface area contributed by atoms with Crippen LogP contribution in [0, 0.1) is 0 Å². The number of hydrogen-bond acceptors (Lipinski definition) is 6. The zero-order valence-electron chi connectivity index (χ0n) is 13.6. The van der Waals surface area contributed by atoms with E-state index in [4.69, 9.17) is 16.3 Å². The predicted molar refractivity (Wildman–Crippen MR) is 93.9 cm³/mol. The van der Waals surface area contributed by atoms with E-state index in [1.54, 1.807) is 25.1 Å². The van der Waals surface area contributed by atoms with Gasteiger partial charge in [-0.05, 0) is 25.1 Å². The van der Waals surface area contributed by atoms with Crippen molar-refractivity contribution in [2.24, 2.45) is 5.10 Å². The van der Waals surface area contributed by atoms with Gasteiger partial charge in [-0.2, -0.15) is 5.10 Å². The average molecular weight is 362 g/mol. The van der Waals surface area contributed by atoms with E-state index >= 15 is 0 Å². The predicted octanol–water partition coefficient (Wildman–Crippen LogP) is 2.27. The topological polar surface area (TPSA) is 106 Å². The van der Waals surface area contributed by atoms with Gasteiger partial charge in [0.05, 0.1) is 24.8 Å². The van der Waals surface area contributed by atoms with Crippen molar-refractivity contribution in [3.8, 4) is 5.75 Å². The summed E-state index contributed by atoms with van der Waals surface area (Å²) in [5, 5.41) is 6.95. The number of hydrazone groups is 1. The van der Waals surface area contributed by atoms with Crippen LogP contribution in [0.5, 0.6) is 5.75 Å². The van der Waals surface area contributed by atoms with E-state index in [9.17, 15) is 9.59 Å². The van der Waals surface area contributed by atoms with Crippen molar-refractivity contribution in [3.05, 3.63) is 47.5 Å². The van der Waals surface area contributed by atoms with Gasteiger partial charge in [0.2, 0.25) is 5.91 Å². The van der Waals surface area contributed by atoms with Crippen LogP contribution in [0.4, 0.5) is 5.69 Å². The van der Waals surface area contributed by atoms with Gasteiger partial charge < -0.3 is 10.1 Å². The van der Waals surface area contributed by atoms with Crippen LogP contribution in [-0.4, -0.2) is 34.6 Å². The maximum absolute atomic E-state index is 12.0. The first-order valence-corrected chi connectivity index (χ1v) is 7.60. The van der Waals surface area contributed by atoms with Gasteiger partial charge in [0.15, 0.2) is 0 Å². The molecule has 25 heavy (non-hydrogen) atoms. The lowest BCUT2D eigenvalue weighted by molar-refractivity contribution is -0.115.